The van der Waals surface area contributed by atoms with Crippen LogP contribution < -0.4 is 10.2 Å². The summed E-state index contributed by atoms with van der Waals surface area (Å²) < 4.78 is 5.08. The van der Waals surface area contributed by atoms with Crippen LogP contribution >= 0.6 is 0 Å². The van der Waals surface area contributed by atoms with Crippen molar-refractivity contribution >= 4 is 23.2 Å². The summed E-state index contributed by atoms with van der Waals surface area (Å²) in [4.78, 5) is 23.9. The fourth-order valence-electron chi connectivity index (χ4n) is 3.09. The van der Waals surface area contributed by atoms with Gasteiger partial charge in [-0.3, -0.25) is 4.79 Å². The van der Waals surface area contributed by atoms with E-state index in [4.69, 9.17) is 4.52 Å². The average molecular weight is 399 g/mol. The largest absolute Gasteiger partial charge is 0.360 e. The van der Waals surface area contributed by atoms with Gasteiger partial charge in [0.15, 0.2) is 5.82 Å². The van der Waals surface area contributed by atoms with Crippen molar-refractivity contribution in [3.63, 3.8) is 0 Å². The molecule has 0 saturated heterocycles. The number of aromatic nitrogens is 3. The van der Waals surface area contributed by atoms with Crippen LogP contribution in [0.1, 0.15) is 27.6 Å². The predicted molar refractivity (Wildman–Crippen MR) is 115 cm³/mol. The molecule has 0 aliphatic rings. The number of carbonyl (C=O) groups excluding carboxylic acids is 1. The first-order chi connectivity index (χ1) is 14.6. The van der Waals surface area contributed by atoms with E-state index in [0.29, 0.717) is 35.5 Å². The Hall–Kier alpha value is -4.00. The second-order valence-corrected chi connectivity index (χ2v) is 6.85. The lowest BCUT2D eigenvalue weighted by molar-refractivity contribution is 0.0980. The van der Waals surface area contributed by atoms with E-state index < -0.39 is 0 Å². The topological polar surface area (TPSA) is 84.2 Å². The summed E-state index contributed by atoms with van der Waals surface area (Å²) in [5.41, 5.74) is 2.12. The Kier molecular flexibility index (Phi) is 5.52. The van der Waals surface area contributed by atoms with Gasteiger partial charge in [-0.1, -0.05) is 53.7 Å². The van der Waals surface area contributed by atoms with Gasteiger partial charge in [-0.2, -0.15) is 0 Å². The van der Waals surface area contributed by atoms with Crippen LogP contribution in [-0.2, 0) is 6.54 Å². The molecule has 4 rings (SSSR count). The van der Waals surface area contributed by atoms with E-state index in [9.17, 15) is 4.79 Å². The molecular weight excluding hydrogens is 378 g/mol. The summed E-state index contributed by atoms with van der Waals surface area (Å²) in [6.07, 6.45) is 0. The van der Waals surface area contributed by atoms with Gasteiger partial charge < -0.3 is 14.7 Å². The number of hydrogen-bond acceptors (Lipinski definition) is 6. The Labute approximate surface area is 174 Å². The second kappa shape index (κ2) is 8.57. The number of nitrogens with zero attached hydrogens (tertiary/aromatic N) is 4. The first-order valence-electron chi connectivity index (χ1n) is 9.55. The van der Waals surface area contributed by atoms with Crippen LogP contribution in [0.15, 0.2) is 77.3 Å². The van der Waals surface area contributed by atoms with Crippen molar-refractivity contribution in [2.45, 2.75) is 20.4 Å². The molecule has 4 aromatic rings. The summed E-state index contributed by atoms with van der Waals surface area (Å²) in [6, 6.07) is 22.8. The molecule has 0 unspecified atom stereocenters. The molecule has 1 amide bonds. The van der Waals surface area contributed by atoms with Crippen LogP contribution in [0.2, 0.25) is 0 Å². The second-order valence-electron chi connectivity index (χ2n) is 6.85. The highest BCUT2D eigenvalue weighted by Gasteiger charge is 2.21. The van der Waals surface area contributed by atoms with Crippen molar-refractivity contribution in [3.05, 3.63) is 95.6 Å². The number of hydrogen-bond donors (Lipinski definition) is 1. The Balaban J connectivity index is 1.67. The van der Waals surface area contributed by atoms with Gasteiger partial charge in [0.2, 0.25) is 0 Å². The van der Waals surface area contributed by atoms with E-state index in [0.717, 1.165) is 11.3 Å². The molecule has 2 aromatic carbocycles. The highest BCUT2D eigenvalue weighted by atomic mass is 16.5. The molecule has 0 aliphatic heterocycles. The maximum Gasteiger partial charge on any atom is 0.277 e. The van der Waals surface area contributed by atoms with Crippen LogP contribution in [0.5, 0.6) is 0 Å². The number of nitrogens with one attached hydrogen (secondary N) is 1. The number of aryl methyl sites for hydroxylation is 2. The van der Waals surface area contributed by atoms with Gasteiger partial charge in [0.1, 0.15) is 23.1 Å². The minimum Gasteiger partial charge on any atom is -0.360 e. The van der Waals surface area contributed by atoms with E-state index in [1.165, 1.54) is 0 Å². The van der Waals surface area contributed by atoms with Crippen molar-refractivity contribution in [3.8, 4) is 0 Å². The molecule has 0 saturated carbocycles. The van der Waals surface area contributed by atoms with Crippen LogP contribution in [0, 0.1) is 13.8 Å². The Bertz CT molecular complexity index is 1140. The molecule has 7 heteroatoms. The maximum absolute atomic E-state index is 13.5. The van der Waals surface area contributed by atoms with Gasteiger partial charge >= 0.3 is 0 Å². The first-order valence-corrected chi connectivity index (χ1v) is 9.55. The van der Waals surface area contributed by atoms with Gasteiger partial charge in [0.25, 0.3) is 5.91 Å². The Morgan fingerprint density at radius 2 is 1.63 bits per heavy atom. The smallest absolute Gasteiger partial charge is 0.277 e. The van der Waals surface area contributed by atoms with Gasteiger partial charge in [0, 0.05) is 17.8 Å². The molecule has 0 atom stereocenters. The first kappa shape index (κ1) is 19.3. The summed E-state index contributed by atoms with van der Waals surface area (Å²) in [6.45, 7) is 3.98. The van der Waals surface area contributed by atoms with E-state index in [1.54, 1.807) is 30.9 Å². The number of anilines is 3. The van der Waals surface area contributed by atoms with Crippen molar-refractivity contribution < 1.29 is 9.32 Å². The van der Waals surface area contributed by atoms with Crippen LogP contribution in [0.4, 0.5) is 17.3 Å². The standard InChI is InChI=1S/C23H21N5O2/c1-16-13-22(27-30-16)26-21-14-20(24-17(2)25-21)23(29)28(19-11-7-4-8-12-19)15-18-9-5-3-6-10-18/h3-14H,15H2,1-2H3,(H,24,25,26,27). The zero-order valence-corrected chi connectivity index (χ0v) is 16.7. The quantitative estimate of drug-likeness (QED) is 0.507. The lowest BCUT2D eigenvalue weighted by atomic mass is 10.1. The summed E-state index contributed by atoms with van der Waals surface area (Å²) in [5, 5.41) is 6.97. The van der Waals surface area contributed by atoms with Gasteiger partial charge in [0.05, 0.1) is 6.54 Å². The molecule has 30 heavy (non-hydrogen) atoms. The van der Waals surface area contributed by atoms with E-state index >= 15 is 0 Å². The van der Waals surface area contributed by atoms with E-state index in [1.807, 2.05) is 60.7 Å². The summed E-state index contributed by atoms with van der Waals surface area (Å²) in [5.74, 6) is 1.95. The minimum absolute atomic E-state index is 0.213. The third kappa shape index (κ3) is 4.52. The molecule has 7 nitrogen and oxygen atoms in total. The maximum atomic E-state index is 13.5. The average Bonchev–Trinajstić information content (AvgIpc) is 3.17. The predicted octanol–water partition coefficient (Wildman–Crippen LogP) is 4.67. The molecule has 2 heterocycles. The molecule has 0 spiro atoms. The molecule has 0 bridgehead atoms. The van der Waals surface area contributed by atoms with Crippen LogP contribution in [0.3, 0.4) is 0 Å². The third-order valence-electron chi connectivity index (χ3n) is 4.44. The zero-order valence-electron chi connectivity index (χ0n) is 16.7. The van der Waals surface area contributed by atoms with Gasteiger partial charge in [-0.05, 0) is 31.5 Å². The number of rotatable bonds is 6. The molecule has 0 aliphatic carbocycles. The third-order valence-corrected chi connectivity index (χ3v) is 4.44. The molecule has 0 fully saturated rings. The van der Waals surface area contributed by atoms with Crippen molar-refractivity contribution in [1.29, 1.82) is 0 Å². The van der Waals surface area contributed by atoms with E-state index in [-0.39, 0.29) is 5.91 Å². The van der Waals surface area contributed by atoms with Crippen LogP contribution in [0.25, 0.3) is 0 Å². The number of para-hydroxylation sites is 1. The van der Waals surface area contributed by atoms with E-state index in [2.05, 4.69) is 20.4 Å². The highest BCUT2D eigenvalue weighted by molar-refractivity contribution is 6.05. The SMILES string of the molecule is Cc1nc(Nc2cc(C)on2)cc(C(=O)N(Cc2ccccc2)c2ccccc2)n1. The van der Waals surface area contributed by atoms with Crippen molar-refractivity contribution in [2.75, 3.05) is 10.2 Å². The van der Waals surface area contributed by atoms with Crippen molar-refractivity contribution in [1.82, 2.24) is 15.1 Å². The van der Waals surface area contributed by atoms with Gasteiger partial charge in [-0.15, -0.1) is 0 Å². The fourth-order valence-corrected chi connectivity index (χ4v) is 3.09. The molecule has 150 valence electrons. The Morgan fingerprint density at radius 3 is 2.30 bits per heavy atom. The molecule has 0 radical (unpaired) electrons. The zero-order chi connectivity index (χ0) is 20.9. The lowest BCUT2D eigenvalue weighted by Crippen LogP contribution is -2.31. The monoisotopic (exact) mass is 399 g/mol. The number of amides is 1. The lowest BCUT2D eigenvalue weighted by Gasteiger charge is -2.23. The molecular formula is C23H21N5O2. The minimum atomic E-state index is -0.213. The number of carbonyl (C=O) groups is 1. The molecule has 1 N–H and O–H groups in total. The summed E-state index contributed by atoms with van der Waals surface area (Å²) in [7, 11) is 0. The normalized spacial score (nSPS) is 10.6. The van der Waals surface area contributed by atoms with Crippen LogP contribution in [-0.4, -0.2) is 21.0 Å². The fraction of sp³-hybridized carbons (Fsp3) is 0.130. The van der Waals surface area contributed by atoms with Gasteiger partial charge in [-0.25, -0.2) is 9.97 Å². The number of benzene rings is 2. The van der Waals surface area contributed by atoms with Crippen molar-refractivity contribution in [2.24, 2.45) is 0 Å². The summed E-state index contributed by atoms with van der Waals surface area (Å²) >= 11 is 0. The Morgan fingerprint density at radius 1 is 0.933 bits per heavy atom. The molecule has 2 aromatic heterocycles. The highest BCUT2D eigenvalue weighted by Crippen LogP contribution is 2.21.